The molecule has 0 saturated heterocycles. The van der Waals surface area contributed by atoms with E-state index in [1.54, 1.807) is 6.07 Å². The Labute approximate surface area is 121 Å². The summed E-state index contributed by atoms with van der Waals surface area (Å²) in [4.78, 5) is 26.6. The normalized spacial score (nSPS) is 12.6. The lowest BCUT2D eigenvalue weighted by Gasteiger charge is -2.12. The minimum atomic E-state index is -0.940. The van der Waals surface area contributed by atoms with Crippen LogP contribution < -0.4 is 5.32 Å². The molecule has 0 aliphatic carbocycles. The molecular weight excluding hydrogens is 272 g/mol. The number of carboxylic acids is 1. The van der Waals surface area contributed by atoms with E-state index in [0.717, 1.165) is 5.52 Å². The van der Waals surface area contributed by atoms with Gasteiger partial charge in [0.25, 0.3) is 0 Å². The van der Waals surface area contributed by atoms with E-state index in [9.17, 15) is 9.59 Å². The molecule has 0 radical (unpaired) electrons. The molecule has 6 nitrogen and oxygen atoms in total. The van der Waals surface area contributed by atoms with Crippen LogP contribution in [0.5, 0.6) is 0 Å². The zero-order chi connectivity index (χ0) is 15.2. The van der Waals surface area contributed by atoms with Crippen LogP contribution in [-0.2, 0) is 9.59 Å². The Bertz CT molecular complexity index is 642. The number of oxazole rings is 1. The number of carbonyl (C=O) groups is 2. The van der Waals surface area contributed by atoms with Gasteiger partial charge in [-0.2, -0.15) is 0 Å². The SMILES string of the molecule is CCC(CC(=O)O)NC(=O)/C=C/c1nc2ccccc2o1. The highest BCUT2D eigenvalue weighted by Crippen LogP contribution is 2.15. The molecule has 1 unspecified atom stereocenters. The van der Waals surface area contributed by atoms with E-state index in [2.05, 4.69) is 10.3 Å². The Kier molecular flexibility index (Phi) is 4.71. The summed E-state index contributed by atoms with van der Waals surface area (Å²) >= 11 is 0. The van der Waals surface area contributed by atoms with Crippen LogP contribution in [0.15, 0.2) is 34.8 Å². The molecule has 0 fully saturated rings. The fourth-order valence-corrected chi connectivity index (χ4v) is 1.87. The van der Waals surface area contributed by atoms with Crippen molar-refractivity contribution in [3.8, 4) is 0 Å². The number of nitrogens with one attached hydrogen (secondary N) is 1. The maximum Gasteiger partial charge on any atom is 0.305 e. The molecule has 1 atom stereocenters. The highest BCUT2D eigenvalue weighted by molar-refractivity contribution is 5.92. The monoisotopic (exact) mass is 288 g/mol. The maximum absolute atomic E-state index is 11.7. The van der Waals surface area contributed by atoms with E-state index in [4.69, 9.17) is 9.52 Å². The van der Waals surface area contributed by atoms with E-state index < -0.39 is 5.97 Å². The lowest BCUT2D eigenvalue weighted by molar-refractivity contribution is -0.137. The summed E-state index contributed by atoms with van der Waals surface area (Å²) in [6, 6.07) is 6.91. The molecule has 0 bridgehead atoms. The summed E-state index contributed by atoms with van der Waals surface area (Å²) in [5, 5.41) is 11.3. The van der Waals surface area contributed by atoms with Crippen LogP contribution in [0.2, 0.25) is 0 Å². The van der Waals surface area contributed by atoms with E-state index in [1.165, 1.54) is 12.2 Å². The Balaban J connectivity index is 1.99. The van der Waals surface area contributed by atoms with Gasteiger partial charge in [0.2, 0.25) is 11.8 Å². The van der Waals surface area contributed by atoms with Crippen molar-refractivity contribution in [2.24, 2.45) is 0 Å². The zero-order valence-electron chi connectivity index (χ0n) is 11.6. The molecule has 0 aliphatic heterocycles. The molecule has 6 heteroatoms. The van der Waals surface area contributed by atoms with Gasteiger partial charge in [0.05, 0.1) is 6.42 Å². The van der Waals surface area contributed by atoms with E-state index in [-0.39, 0.29) is 18.4 Å². The molecule has 2 rings (SSSR count). The molecule has 2 aromatic rings. The number of amides is 1. The third-order valence-electron chi connectivity index (χ3n) is 2.95. The van der Waals surface area contributed by atoms with Crippen LogP contribution in [0.3, 0.4) is 0 Å². The molecule has 21 heavy (non-hydrogen) atoms. The number of fused-ring (bicyclic) bond motifs is 1. The van der Waals surface area contributed by atoms with Gasteiger partial charge in [-0.05, 0) is 18.6 Å². The molecule has 1 heterocycles. The van der Waals surface area contributed by atoms with E-state index >= 15 is 0 Å². The second-order valence-corrected chi connectivity index (χ2v) is 4.56. The number of aromatic nitrogens is 1. The quantitative estimate of drug-likeness (QED) is 0.795. The number of aliphatic carboxylic acids is 1. The number of carboxylic acid groups (broad SMARTS) is 1. The highest BCUT2D eigenvalue weighted by atomic mass is 16.4. The molecule has 110 valence electrons. The van der Waals surface area contributed by atoms with Gasteiger partial charge in [-0.1, -0.05) is 19.1 Å². The molecular formula is C15H16N2O4. The van der Waals surface area contributed by atoms with E-state index in [1.807, 2.05) is 25.1 Å². The standard InChI is InChI=1S/C15H16N2O4/c1-2-10(9-15(19)20)16-13(18)7-8-14-17-11-5-3-4-6-12(11)21-14/h3-8,10H,2,9H2,1H3,(H,16,18)(H,19,20)/b8-7+. The minimum Gasteiger partial charge on any atom is -0.481 e. The third kappa shape index (κ3) is 4.17. The summed E-state index contributed by atoms with van der Waals surface area (Å²) in [5.74, 6) is -0.979. The highest BCUT2D eigenvalue weighted by Gasteiger charge is 2.12. The lowest BCUT2D eigenvalue weighted by Crippen LogP contribution is -2.34. The number of hydrogen-bond donors (Lipinski definition) is 2. The van der Waals surface area contributed by atoms with E-state index in [0.29, 0.717) is 17.9 Å². The van der Waals surface area contributed by atoms with Crippen molar-refractivity contribution >= 4 is 29.1 Å². The van der Waals surface area contributed by atoms with Gasteiger partial charge in [-0.25, -0.2) is 4.98 Å². The molecule has 2 N–H and O–H groups in total. The minimum absolute atomic E-state index is 0.0982. The summed E-state index contributed by atoms with van der Waals surface area (Å²) in [7, 11) is 0. The number of nitrogens with zero attached hydrogens (tertiary/aromatic N) is 1. The Morgan fingerprint density at radius 1 is 1.43 bits per heavy atom. The number of carbonyl (C=O) groups excluding carboxylic acids is 1. The summed E-state index contributed by atoms with van der Waals surface area (Å²) in [6.07, 6.45) is 3.20. The summed E-state index contributed by atoms with van der Waals surface area (Å²) in [5.41, 5.74) is 1.37. The number of rotatable bonds is 6. The van der Waals surface area contributed by atoms with Gasteiger partial charge >= 0.3 is 5.97 Å². The molecule has 1 aromatic heterocycles. The topological polar surface area (TPSA) is 92.4 Å². The van der Waals surface area contributed by atoms with Crippen LogP contribution >= 0.6 is 0 Å². The van der Waals surface area contributed by atoms with Gasteiger partial charge in [-0.3, -0.25) is 9.59 Å². The maximum atomic E-state index is 11.7. The first-order chi connectivity index (χ1) is 10.1. The molecule has 1 aromatic carbocycles. The van der Waals surface area contributed by atoms with Gasteiger partial charge in [0, 0.05) is 18.2 Å². The van der Waals surface area contributed by atoms with Crippen LogP contribution in [-0.4, -0.2) is 28.0 Å². The molecule has 0 saturated carbocycles. The lowest BCUT2D eigenvalue weighted by atomic mass is 10.1. The smallest absolute Gasteiger partial charge is 0.305 e. The first-order valence-electron chi connectivity index (χ1n) is 6.64. The van der Waals surface area contributed by atoms with Crippen molar-refractivity contribution in [2.75, 3.05) is 0 Å². The van der Waals surface area contributed by atoms with Crippen molar-refractivity contribution in [1.82, 2.24) is 10.3 Å². The van der Waals surface area contributed by atoms with Crippen molar-refractivity contribution in [1.29, 1.82) is 0 Å². The molecule has 0 spiro atoms. The van der Waals surface area contributed by atoms with Crippen LogP contribution in [0, 0.1) is 0 Å². The van der Waals surface area contributed by atoms with Crippen LogP contribution in [0.1, 0.15) is 25.7 Å². The number of benzene rings is 1. The van der Waals surface area contributed by atoms with Crippen molar-refractivity contribution < 1.29 is 19.1 Å². The van der Waals surface area contributed by atoms with Crippen molar-refractivity contribution in [3.63, 3.8) is 0 Å². The van der Waals surface area contributed by atoms with Gasteiger partial charge in [0.15, 0.2) is 5.58 Å². The average molecular weight is 288 g/mol. The molecule has 0 aliphatic rings. The first-order valence-corrected chi connectivity index (χ1v) is 6.64. The average Bonchev–Trinajstić information content (AvgIpc) is 2.86. The zero-order valence-corrected chi connectivity index (χ0v) is 11.6. The Hall–Kier alpha value is -2.63. The number of hydrogen-bond acceptors (Lipinski definition) is 4. The van der Waals surface area contributed by atoms with Gasteiger partial charge in [0.1, 0.15) is 5.52 Å². The fourth-order valence-electron chi connectivity index (χ4n) is 1.87. The second-order valence-electron chi connectivity index (χ2n) is 4.56. The largest absolute Gasteiger partial charge is 0.481 e. The summed E-state index contributed by atoms with van der Waals surface area (Å²) in [6.45, 7) is 1.82. The van der Waals surface area contributed by atoms with Crippen molar-refractivity contribution in [2.45, 2.75) is 25.8 Å². The van der Waals surface area contributed by atoms with Crippen molar-refractivity contribution in [3.05, 3.63) is 36.2 Å². The second kappa shape index (κ2) is 6.69. The Morgan fingerprint density at radius 3 is 2.86 bits per heavy atom. The van der Waals surface area contributed by atoms with Gasteiger partial charge in [-0.15, -0.1) is 0 Å². The number of para-hydroxylation sites is 2. The first kappa shape index (κ1) is 14.8. The Morgan fingerprint density at radius 2 is 2.19 bits per heavy atom. The van der Waals surface area contributed by atoms with Gasteiger partial charge < -0.3 is 14.8 Å². The van der Waals surface area contributed by atoms with Crippen LogP contribution in [0.4, 0.5) is 0 Å². The third-order valence-corrected chi connectivity index (χ3v) is 2.95. The van der Waals surface area contributed by atoms with Crippen LogP contribution in [0.25, 0.3) is 17.2 Å². The molecule has 1 amide bonds. The predicted molar refractivity (Wildman–Crippen MR) is 77.5 cm³/mol. The fraction of sp³-hybridized carbons (Fsp3) is 0.267. The summed E-state index contributed by atoms with van der Waals surface area (Å²) < 4.78 is 5.44. The predicted octanol–water partition coefficient (Wildman–Crippen LogP) is 2.21.